The molecular formula is C15H22O. The van der Waals surface area contributed by atoms with Crippen LogP contribution in [0.4, 0.5) is 0 Å². The van der Waals surface area contributed by atoms with Gasteiger partial charge >= 0.3 is 0 Å². The predicted molar refractivity (Wildman–Crippen MR) is 69.4 cm³/mol. The van der Waals surface area contributed by atoms with E-state index in [1.54, 1.807) is 0 Å². The van der Waals surface area contributed by atoms with Crippen LogP contribution in [-0.4, -0.2) is 5.11 Å². The molecule has 0 amide bonds. The van der Waals surface area contributed by atoms with E-state index in [1.807, 2.05) is 18.2 Å². The van der Waals surface area contributed by atoms with Crippen LogP contribution in [0.5, 0.6) is 0 Å². The van der Waals surface area contributed by atoms with Crippen LogP contribution in [0, 0.1) is 5.92 Å². The van der Waals surface area contributed by atoms with Gasteiger partial charge in [0.05, 0.1) is 6.10 Å². The maximum absolute atomic E-state index is 9.88. The Kier molecular flexibility index (Phi) is 5.27. The minimum atomic E-state index is -0.355. The summed E-state index contributed by atoms with van der Waals surface area (Å²) >= 11 is 0. The molecule has 1 nitrogen and oxygen atoms in total. The van der Waals surface area contributed by atoms with E-state index in [-0.39, 0.29) is 6.10 Å². The van der Waals surface area contributed by atoms with E-state index in [4.69, 9.17) is 0 Å². The first-order chi connectivity index (χ1) is 7.63. The van der Waals surface area contributed by atoms with Gasteiger partial charge in [-0.25, -0.2) is 0 Å². The maximum atomic E-state index is 9.88. The fraction of sp³-hybridized carbons (Fsp3) is 0.467. The van der Waals surface area contributed by atoms with E-state index >= 15 is 0 Å². The van der Waals surface area contributed by atoms with Gasteiger partial charge < -0.3 is 5.11 Å². The molecular weight excluding hydrogens is 196 g/mol. The quantitative estimate of drug-likeness (QED) is 0.718. The van der Waals surface area contributed by atoms with Crippen molar-refractivity contribution in [2.45, 2.75) is 39.2 Å². The Bertz CT molecular complexity index is 311. The molecule has 0 radical (unpaired) electrons. The first kappa shape index (κ1) is 13.0. The monoisotopic (exact) mass is 218 g/mol. The molecule has 0 heterocycles. The molecule has 16 heavy (non-hydrogen) atoms. The second kappa shape index (κ2) is 6.49. The third-order valence-corrected chi connectivity index (χ3v) is 2.65. The largest absolute Gasteiger partial charge is 0.388 e. The number of hydrogen-bond donors (Lipinski definition) is 1. The summed E-state index contributed by atoms with van der Waals surface area (Å²) in [7, 11) is 0. The normalized spacial score (nSPS) is 12.8. The molecule has 1 heteroatoms. The van der Waals surface area contributed by atoms with Gasteiger partial charge in [0.2, 0.25) is 0 Å². The van der Waals surface area contributed by atoms with Gasteiger partial charge in [-0.05, 0) is 36.3 Å². The molecule has 0 aliphatic carbocycles. The average Bonchev–Trinajstić information content (AvgIpc) is 2.26. The van der Waals surface area contributed by atoms with Gasteiger partial charge in [0.1, 0.15) is 0 Å². The first-order valence-corrected chi connectivity index (χ1v) is 6.01. The highest BCUT2D eigenvalue weighted by Crippen LogP contribution is 2.19. The van der Waals surface area contributed by atoms with Crippen molar-refractivity contribution in [2.24, 2.45) is 5.92 Å². The fourth-order valence-corrected chi connectivity index (χ4v) is 1.79. The molecule has 0 spiro atoms. The van der Waals surface area contributed by atoms with Crippen molar-refractivity contribution in [3.8, 4) is 0 Å². The molecule has 88 valence electrons. The Morgan fingerprint density at radius 1 is 1.25 bits per heavy atom. The molecule has 0 saturated carbocycles. The van der Waals surface area contributed by atoms with Crippen LogP contribution < -0.4 is 0 Å². The Morgan fingerprint density at radius 3 is 2.38 bits per heavy atom. The minimum Gasteiger partial charge on any atom is -0.388 e. The summed E-state index contributed by atoms with van der Waals surface area (Å²) in [5, 5.41) is 9.88. The van der Waals surface area contributed by atoms with Gasteiger partial charge in [0.15, 0.2) is 0 Å². The predicted octanol–water partition coefficient (Wildman–Crippen LogP) is 3.88. The maximum Gasteiger partial charge on any atom is 0.0793 e. The van der Waals surface area contributed by atoms with Crippen molar-refractivity contribution in [1.29, 1.82) is 0 Å². The van der Waals surface area contributed by atoms with Crippen molar-refractivity contribution in [3.63, 3.8) is 0 Å². The second-order valence-corrected chi connectivity index (χ2v) is 4.72. The molecule has 1 N–H and O–H groups in total. The number of aliphatic hydroxyl groups excluding tert-OH is 1. The molecule has 1 rings (SSSR count). The Morgan fingerprint density at radius 2 is 1.88 bits per heavy atom. The lowest BCUT2D eigenvalue weighted by Gasteiger charge is -2.11. The van der Waals surface area contributed by atoms with Crippen molar-refractivity contribution in [2.75, 3.05) is 0 Å². The summed E-state index contributed by atoms with van der Waals surface area (Å²) in [4.78, 5) is 0. The van der Waals surface area contributed by atoms with Crippen LogP contribution in [0.15, 0.2) is 36.9 Å². The third kappa shape index (κ3) is 4.19. The van der Waals surface area contributed by atoms with Crippen LogP contribution in [0.25, 0.3) is 0 Å². The summed E-state index contributed by atoms with van der Waals surface area (Å²) in [6, 6.07) is 8.30. The number of aliphatic hydroxyl groups is 1. The summed E-state index contributed by atoms with van der Waals surface area (Å²) in [5.41, 5.74) is 2.35. The molecule has 1 aromatic rings. The van der Waals surface area contributed by atoms with Crippen molar-refractivity contribution >= 4 is 0 Å². The summed E-state index contributed by atoms with van der Waals surface area (Å²) < 4.78 is 0. The Balaban J connectivity index is 2.59. The van der Waals surface area contributed by atoms with Crippen LogP contribution in [0.3, 0.4) is 0 Å². The lowest BCUT2D eigenvalue weighted by Crippen LogP contribution is -1.98. The first-order valence-electron chi connectivity index (χ1n) is 6.01. The van der Waals surface area contributed by atoms with E-state index in [0.29, 0.717) is 5.92 Å². The van der Waals surface area contributed by atoms with E-state index < -0.39 is 0 Å². The molecule has 0 aliphatic heterocycles. The van der Waals surface area contributed by atoms with Gasteiger partial charge in [-0.2, -0.15) is 0 Å². The van der Waals surface area contributed by atoms with Crippen LogP contribution in [0.2, 0.25) is 0 Å². The van der Waals surface area contributed by atoms with Gasteiger partial charge in [-0.3, -0.25) is 0 Å². The lowest BCUT2D eigenvalue weighted by atomic mass is 9.99. The average molecular weight is 218 g/mol. The van der Waals surface area contributed by atoms with E-state index in [1.165, 1.54) is 5.56 Å². The van der Waals surface area contributed by atoms with Gasteiger partial charge in [-0.15, -0.1) is 6.58 Å². The van der Waals surface area contributed by atoms with E-state index in [2.05, 4.69) is 32.6 Å². The van der Waals surface area contributed by atoms with Gasteiger partial charge in [-0.1, -0.05) is 44.2 Å². The topological polar surface area (TPSA) is 20.2 Å². The Labute approximate surface area is 98.8 Å². The zero-order chi connectivity index (χ0) is 12.0. The number of rotatable bonds is 6. The van der Waals surface area contributed by atoms with Crippen molar-refractivity contribution in [1.82, 2.24) is 0 Å². The summed E-state index contributed by atoms with van der Waals surface area (Å²) in [6.45, 7) is 8.09. The molecule has 0 aliphatic rings. The third-order valence-electron chi connectivity index (χ3n) is 2.65. The highest BCUT2D eigenvalue weighted by molar-refractivity contribution is 5.24. The molecule has 0 fully saturated rings. The SMILES string of the molecule is C=CCCC(O)c1ccc(CC(C)C)cc1. The highest BCUT2D eigenvalue weighted by Gasteiger charge is 2.06. The molecule has 0 saturated heterocycles. The van der Waals surface area contributed by atoms with Crippen LogP contribution >= 0.6 is 0 Å². The van der Waals surface area contributed by atoms with Crippen molar-refractivity contribution < 1.29 is 5.11 Å². The number of hydrogen-bond acceptors (Lipinski definition) is 1. The highest BCUT2D eigenvalue weighted by atomic mass is 16.3. The summed E-state index contributed by atoms with van der Waals surface area (Å²) in [6.07, 6.45) is 4.20. The minimum absolute atomic E-state index is 0.355. The van der Waals surface area contributed by atoms with Crippen LogP contribution in [-0.2, 0) is 6.42 Å². The zero-order valence-corrected chi connectivity index (χ0v) is 10.3. The fourth-order valence-electron chi connectivity index (χ4n) is 1.79. The number of allylic oxidation sites excluding steroid dienone is 1. The molecule has 0 bridgehead atoms. The molecule has 1 aromatic carbocycles. The zero-order valence-electron chi connectivity index (χ0n) is 10.3. The second-order valence-electron chi connectivity index (χ2n) is 4.72. The van der Waals surface area contributed by atoms with E-state index in [9.17, 15) is 5.11 Å². The smallest absolute Gasteiger partial charge is 0.0793 e. The van der Waals surface area contributed by atoms with Gasteiger partial charge in [0.25, 0.3) is 0 Å². The summed E-state index contributed by atoms with van der Waals surface area (Å²) in [5.74, 6) is 0.677. The molecule has 1 unspecified atom stereocenters. The van der Waals surface area contributed by atoms with Crippen LogP contribution in [0.1, 0.15) is 43.9 Å². The number of benzene rings is 1. The molecule has 0 aromatic heterocycles. The Hall–Kier alpha value is -1.08. The standard InChI is InChI=1S/C15H22O/c1-4-5-6-15(16)14-9-7-13(8-10-14)11-12(2)3/h4,7-10,12,15-16H,1,5-6,11H2,2-3H3. The molecule has 1 atom stereocenters. The lowest BCUT2D eigenvalue weighted by molar-refractivity contribution is 0.169. The van der Waals surface area contributed by atoms with Gasteiger partial charge in [0, 0.05) is 0 Å². The van der Waals surface area contributed by atoms with Crippen molar-refractivity contribution in [3.05, 3.63) is 48.0 Å². The van der Waals surface area contributed by atoms with E-state index in [0.717, 1.165) is 24.8 Å².